The van der Waals surface area contributed by atoms with Gasteiger partial charge in [0.2, 0.25) is 5.95 Å². The van der Waals surface area contributed by atoms with E-state index in [1.807, 2.05) is 27.0 Å². The molecule has 0 aromatic carbocycles. The predicted molar refractivity (Wildman–Crippen MR) is 96.5 cm³/mol. The first-order chi connectivity index (χ1) is 11.4. The third-order valence-electron chi connectivity index (χ3n) is 4.59. The molecule has 0 bridgehead atoms. The van der Waals surface area contributed by atoms with Gasteiger partial charge in [0.1, 0.15) is 5.82 Å². The first-order valence-electron chi connectivity index (χ1n) is 8.41. The minimum atomic E-state index is -0.433. The Morgan fingerprint density at radius 2 is 1.96 bits per heavy atom. The molecule has 0 spiro atoms. The molecule has 130 valence electrons. The van der Waals surface area contributed by atoms with E-state index in [-0.39, 0.29) is 6.04 Å². The van der Waals surface area contributed by atoms with Gasteiger partial charge in [0.15, 0.2) is 5.65 Å². The summed E-state index contributed by atoms with van der Waals surface area (Å²) in [5, 5.41) is 17.7. The summed E-state index contributed by atoms with van der Waals surface area (Å²) in [6, 6.07) is 2.35. The van der Waals surface area contributed by atoms with E-state index in [4.69, 9.17) is 0 Å². The zero-order chi connectivity index (χ0) is 17.4. The van der Waals surface area contributed by atoms with E-state index < -0.39 is 6.10 Å². The van der Waals surface area contributed by atoms with Gasteiger partial charge in [-0.2, -0.15) is 9.97 Å². The van der Waals surface area contributed by atoms with Crippen molar-refractivity contribution < 1.29 is 5.11 Å². The minimum absolute atomic E-state index is 0.0829. The summed E-state index contributed by atoms with van der Waals surface area (Å²) in [7, 11) is 1.84. The summed E-state index contributed by atoms with van der Waals surface area (Å²) < 4.78 is 0. The average Bonchev–Trinajstić information content (AvgIpc) is 2.87. The topological polar surface area (TPSA) is 86.2 Å². The molecule has 7 heteroatoms. The zero-order valence-corrected chi connectivity index (χ0v) is 15.0. The van der Waals surface area contributed by atoms with Crippen molar-refractivity contribution in [2.24, 2.45) is 0 Å². The SMILES string of the molecule is CNc1nc(N[C@H]2CN(C(C)C)C[C@@H]2O)nc2nc(C)cc(C)c12. The molecule has 0 amide bonds. The van der Waals surface area contributed by atoms with Crippen LogP contribution in [-0.2, 0) is 0 Å². The Morgan fingerprint density at radius 1 is 1.21 bits per heavy atom. The van der Waals surface area contributed by atoms with Gasteiger partial charge in [0.05, 0.1) is 17.5 Å². The Morgan fingerprint density at radius 3 is 2.58 bits per heavy atom. The standard InChI is InChI=1S/C17H26N6O/c1-9(2)23-7-12(13(24)8-23)20-17-21-15(18-5)14-10(3)6-11(4)19-16(14)22-17/h6,9,12-13,24H,7-8H2,1-5H3,(H2,18,19,20,21,22)/t12-,13-/m0/s1. The number of aromatic nitrogens is 3. The fourth-order valence-corrected chi connectivity index (χ4v) is 3.27. The number of fused-ring (bicyclic) bond motifs is 1. The van der Waals surface area contributed by atoms with E-state index in [1.165, 1.54) is 0 Å². The monoisotopic (exact) mass is 330 g/mol. The quantitative estimate of drug-likeness (QED) is 0.784. The number of hydrogen-bond acceptors (Lipinski definition) is 7. The lowest BCUT2D eigenvalue weighted by Gasteiger charge is -2.20. The second-order valence-corrected chi connectivity index (χ2v) is 6.79. The molecule has 2 aromatic heterocycles. The highest BCUT2D eigenvalue weighted by Gasteiger charge is 2.33. The molecule has 3 rings (SSSR count). The van der Waals surface area contributed by atoms with Crippen molar-refractivity contribution in [3.63, 3.8) is 0 Å². The molecule has 2 aromatic rings. The second kappa shape index (κ2) is 6.49. The normalized spacial score (nSPS) is 21.6. The number of β-amino-alcohol motifs (C(OH)–C–C–N with tert-alkyl or cyclic N) is 1. The molecule has 7 nitrogen and oxygen atoms in total. The molecule has 1 fully saturated rings. The molecule has 1 aliphatic rings. The maximum absolute atomic E-state index is 10.3. The summed E-state index contributed by atoms with van der Waals surface area (Å²) >= 11 is 0. The molecule has 2 atom stereocenters. The highest BCUT2D eigenvalue weighted by Crippen LogP contribution is 2.25. The van der Waals surface area contributed by atoms with Crippen LogP contribution in [0.3, 0.4) is 0 Å². The number of aryl methyl sites for hydroxylation is 2. The maximum Gasteiger partial charge on any atom is 0.227 e. The van der Waals surface area contributed by atoms with Crippen molar-refractivity contribution in [2.45, 2.75) is 45.9 Å². The van der Waals surface area contributed by atoms with Crippen LogP contribution in [-0.4, -0.2) is 63.3 Å². The molecular formula is C17H26N6O. The van der Waals surface area contributed by atoms with Crippen molar-refractivity contribution >= 4 is 22.8 Å². The molecule has 24 heavy (non-hydrogen) atoms. The van der Waals surface area contributed by atoms with Gasteiger partial charge in [0, 0.05) is 31.9 Å². The van der Waals surface area contributed by atoms with Gasteiger partial charge in [-0.15, -0.1) is 0 Å². The smallest absolute Gasteiger partial charge is 0.227 e. The van der Waals surface area contributed by atoms with Crippen LogP contribution in [0, 0.1) is 13.8 Å². The number of anilines is 2. The Balaban J connectivity index is 1.93. The number of aliphatic hydroxyl groups is 1. The Bertz CT molecular complexity index is 747. The molecule has 0 radical (unpaired) electrons. The largest absolute Gasteiger partial charge is 0.390 e. The number of pyridine rings is 1. The lowest BCUT2D eigenvalue weighted by molar-refractivity contribution is 0.161. The van der Waals surface area contributed by atoms with E-state index in [9.17, 15) is 5.11 Å². The summed E-state index contributed by atoms with van der Waals surface area (Å²) in [5.74, 6) is 1.25. The van der Waals surface area contributed by atoms with Crippen LogP contribution in [0.1, 0.15) is 25.1 Å². The molecule has 0 aliphatic carbocycles. The van der Waals surface area contributed by atoms with Crippen LogP contribution in [0.5, 0.6) is 0 Å². The van der Waals surface area contributed by atoms with Gasteiger partial charge in [-0.05, 0) is 39.3 Å². The lowest BCUT2D eigenvalue weighted by atomic mass is 10.1. The number of hydrogen-bond donors (Lipinski definition) is 3. The molecule has 1 saturated heterocycles. The van der Waals surface area contributed by atoms with Gasteiger partial charge in [-0.3, -0.25) is 4.90 Å². The van der Waals surface area contributed by atoms with Gasteiger partial charge >= 0.3 is 0 Å². The van der Waals surface area contributed by atoms with Crippen molar-refractivity contribution in [1.82, 2.24) is 19.9 Å². The fourth-order valence-electron chi connectivity index (χ4n) is 3.27. The molecular weight excluding hydrogens is 304 g/mol. The molecule has 0 saturated carbocycles. The number of nitrogens with zero attached hydrogens (tertiary/aromatic N) is 4. The van der Waals surface area contributed by atoms with Gasteiger partial charge in [0.25, 0.3) is 0 Å². The predicted octanol–water partition coefficient (Wildman–Crippen LogP) is 1.55. The summed E-state index contributed by atoms with van der Waals surface area (Å²) in [6.45, 7) is 9.71. The molecule has 1 aliphatic heterocycles. The number of rotatable bonds is 4. The number of nitrogens with one attached hydrogen (secondary N) is 2. The highest BCUT2D eigenvalue weighted by atomic mass is 16.3. The fraction of sp³-hybridized carbons (Fsp3) is 0.588. The van der Waals surface area contributed by atoms with Crippen molar-refractivity contribution in [3.05, 3.63) is 17.3 Å². The van der Waals surface area contributed by atoms with Crippen LogP contribution in [0.25, 0.3) is 11.0 Å². The van der Waals surface area contributed by atoms with Crippen LogP contribution >= 0.6 is 0 Å². The van der Waals surface area contributed by atoms with E-state index >= 15 is 0 Å². The molecule has 3 N–H and O–H groups in total. The van der Waals surface area contributed by atoms with Crippen molar-refractivity contribution in [1.29, 1.82) is 0 Å². The lowest BCUT2D eigenvalue weighted by Crippen LogP contribution is -2.33. The van der Waals surface area contributed by atoms with Crippen molar-refractivity contribution in [2.75, 3.05) is 30.8 Å². The zero-order valence-electron chi connectivity index (χ0n) is 15.0. The van der Waals surface area contributed by atoms with Crippen LogP contribution < -0.4 is 10.6 Å². The third-order valence-corrected chi connectivity index (χ3v) is 4.59. The van der Waals surface area contributed by atoms with Gasteiger partial charge < -0.3 is 15.7 Å². The highest BCUT2D eigenvalue weighted by molar-refractivity contribution is 5.90. The summed E-state index contributed by atoms with van der Waals surface area (Å²) in [6.07, 6.45) is -0.433. The van der Waals surface area contributed by atoms with E-state index in [0.717, 1.165) is 29.0 Å². The first-order valence-corrected chi connectivity index (χ1v) is 8.41. The molecule has 0 unspecified atom stereocenters. The van der Waals surface area contributed by atoms with Gasteiger partial charge in [-0.1, -0.05) is 0 Å². The Labute approximate surface area is 142 Å². The van der Waals surface area contributed by atoms with Crippen LogP contribution in [0.2, 0.25) is 0 Å². The van der Waals surface area contributed by atoms with Crippen LogP contribution in [0.4, 0.5) is 11.8 Å². The first kappa shape index (κ1) is 16.9. The van der Waals surface area contributed by atoms with E-state index in [1.54, 1.807) is 0 Å². The van der Waals surface area contributed by atoms with Crippen molar-refractivity contribution in [3.8, 4) is 0 Å². The van der Waals surface area contributed by atoms with Crippen LogP contribution in [0.15, 0.2) is 6.07 Å². The minimum Gasteiger partial charge on any atom is -0.390 e. The Hall–Kier alpha value is -1.99. The van der Waals surface area contributed by atoms with Gasteiger partial charge in [-0.25, -0.2) is 4.98 Å². The Kier molecular flexibility index (Phi) is 4.56. The average molecular weight is 330 g/mol. The summed E-state index contributed by atoms with van der Waals surface area (Å²) in [5.41, 5.74) is 2.70. The van der Waals surface area contributed by atoms with E-state index in [0.29, 0.717) is 24.2 Å². The van der Waals surface area contributed by atoms with E-state index in [2.05, 4.69) is 44.3 Å². The third kappa shape index (κ3) is 3.14. The number of likely N-dealkylation sites (tertiary alicyclic amines) is 1. The number of aliphatic hydroxyl groups excluding tert-OH is 1. The second-order valence-electron chi connectivity index (χ2n) is 6.79. The molecule has 3 heterocycles. The summed E-state index contributed by atoms with van der Waals surface area (Å²) in [4.78, 5) is 15.9. The maximum atomic E-state index is 10.3.